The second-order valence-corrected chi connectivity index (χ2v) is 8.28. The van der Waals surface area contributed by atoms with Gasteiger partial charge >= 0.3 is 5.97 Å². The summed E-state index contributed by atoms with van der Waals surface area (Å²) >= 11 is 2.06. The van der Waals surface area contributed by atoms with Crippen LogP contribution in [-0.4, -0.2) is 37.7 Å². The standard InChI is InChI=1S/C25H22IN3O5/c1-16-7-10-18(11-8-16)25(32)34-21-12-9-17(13-22(21)33-2)14-28-29-23(30)15-27-24(31)19-5-3-4-6-20(19)26/h3-14H,15H2,1-2H3,(H,27,31)(H,29,30). The molecule has 3 aromatic carbocycles. The molecule has 8 nitrogen and oxygen atoms in total. The number of hydrazone groups is 1. The van der Waals surface area contributed by atoms with E-state index in [2.05, 4.69) is 38.4 Å². The van der Waals surface area contributed by atoms with Crippen LogP contribution in [0.3, 0.4) is 0 Å². The number of halogens is 1. The Hall–Kier alpha value is -3.73. The minimum Gasteiger partial charge on any atom is -0.493 e. The molecule has 0 aromatic heterocycles. The van der Waals surface area contributed by atoms with Gasteiger partial charge in [-0.2, -0.15) is 5.10 Å². The first kappa shape index (κ1) is 24.9. The zero-order valence-corrected chi connectivity index (χ0v) is 20.7. The van der Waals surface area contributed by atoms with Crippen molar-refractivity contribution in [1.29, 1.82) is 0 Å². The Morgan fingerprint density at radius 3 is 2.44 bits per heavy atom. The summed E-state index contributed by atoms with van der Waals surface area (Å²) in [5, 5.41) is 6.44. The van der Waals surface area contributed by atoms with Crippen LogP contribution in [0.1, 0.15) is 31.8 Å². The van der Waals surface area contributed by atoms with E-state index in [9.17, 15) is 14.4 Å². The monoisotopic (exact) mass is 571 g/mol. The van der Waals surface area contributed by atoms with Gasteiger partial charge in [-0.25, -0.2) is 10.2 Å². The number of rotatable bonds is 8. The second-order valence-electron chi connectivity index (χ2n) is 7.12. The van der Waals surface area contributed by atoms with Crippen molar-refractivity contribution >= 4 is 46.6 Å². The summed E-state index contributed by atoms with van der Waals surface area (Å²) in [5.74, 6) is -0.733. The molecule has 0 heterocycles. The third-order valence-corrected chi connectivity index (χ3v) is 5.55. The van der Waals surface area contributed by atoms with Crippen LogP contribution in [0.4, 0.5) is 0 Å². The van der Waals surface area contributed by atoms with Gasteiger partial charge < -0.3 is 14.8 Å². The van der Waals surface area contributed by atoms with Crippen LogP contribution >= 0.6 is 22.6 Å². The molecule has 9 heteroatoms. The molecule has 174 valence electrons. The number of benzene rings is 3. The van der Waals surface area contributed by atoms with E-state index in [4.69, 9.17) is 9.47 Å². The number of nitrogens with one attached hydrogen (secondary N) is 2. The summed E-state index contributed by atoms with van der Waals surface area (Å²) in [5.41, 5.74) is 4.92. The maximum atomic E-state index is 12.4. The summed E-state index contributed by atoms with van der Waals surface area (Å²) in [6.45, 7) is 1.71. The Balaban J connectivity index is 1.54. The van der Waals surface area contributed by atoms with Crippen molar-refractivity contribution in [3.05, 3.63) is 92.6 Å². The van der Waals surface area contributed by atoms with Crippen molar-refractivity contribution in [2.45, 2.75) is 6.92 Å². The lowest BCUT2D eigenvalue weighted by molar-refractivity contribution is -0.120. The molecule has 0 aliphatic heterocycles. The van der Waals surface area contributed by atoms with Crippen molar-refractivity contribution in [2.24, 2.45) is 5.10 Å². The van der Waals surface area contributed by atoms with Gasteiger partial charge in [-0.15, -0.1) is 0 Å². The first-order valence-electron chi connectivity index (χ1n) is 10.2. The molecule has 0 aliphatic rings. The predicted molar refractivity (Wildman–Crippen MR) is 136 cm³/mol. The first-order chi connectivity index (χ1) is 16.4. The van der Waals surface area contributed by atoms with E-state index in [-0.39, 0.29) is 18.2 Å². The molecule has 0 radical (unpaired) electrons. The number of methoxy groups -OCH3 is 1. The van der Waals surface area contributed by atoms with Crippen LogP contribution in [0.2, 0.25) is 0 Å². The van der Waals surface area contributed by atoms with E-state index in [1.54, 1.807) is 42.5 Å². The van der Waals surface area contributed by atoms with E-state index in [0.29, 0.717) is 22.4 Å². The highest BCUT2D eigenvalue weighted by Crippen LogP contribution is 2.28. The van der Waals surface area contributed by atoms with E-state index >= 15 is 0 Å². The van der Waals surface area contributed by atoms with Crippen molar-refractivity contribution in [1.82, 2.24) is 10.7 Å². The zero-order chi connectivity index (χ0) is 24.5. The van der Waals surface area contributed by atoms with Crippen LogP contribution in [0.15, 0.2) is 71.8 Å². The Morgan fingerprint density at radius 1 is 1.00 bits per heavy atom. The topological polar surface area (TPSA) is 106 Å². The van der Waals surface area contributed by atoms with Crippen LogP contribution in [0.25, 0.3) is 0 Å². The summed E-state index contributed by atoms with van der Waals surface area (Å²) in [6, 6.07) is 19.0. The Bertz CT molecular complexity index is 1230. The number of hydrogen-bond donors (Lipinski definition) is 2. The maximum absolute atomic E-state index is 12.4. The lowest BCUT2D eigenvalue weighted by atomic mass is 10.1. The number of nitrogens with zero attached hydrogens (tertiary/aromatic N) is 1. The first-order valence-corrected chi connectivity index (χ1v) is 11.3. The zero-order valence-electron chi connectivity index (χ0n) is 18.5. The van der Waals surface area contributed by atoms with Gasteiger partial charge in [0.2, 0.25) is 0 Å². The minimum absolute atomic E-state index is 0.224. The van der Waals surface area contributed by atoms with Crippen molar-refractivity contribution in [2.75, 3.05) is 13.7 Å². The van der Waals surface area contributed by atoms with Crippen LogP contribution in [-0.2, 0) is 4.79 Å². The van der Waals surface area contributed by atoms with E-state index in [1.165, 1.54) is 13.3 Å². The van der Waals surface area contributed by atoms with Gasteiger partial charge in [-0.3, -0.25) is 9.59 Å². The maximum Gasteiger partial charge on any atom is 0.343 e. The lowest BCUT2D eigenvalue weighted by Crippen LogP contribution is -2.35. The van der Waals surface area contributed by atoms with Crippen molar-refractivity contribution in [3.63, 3.8) is 0 Å². The highest BCUT2D eigenvalue weighted by molar-refractivity contribution is 14.1. The van der Waals surface area contributed by atoms with E-state index in [1.807, 2.05) is 31.2 Å². The minimum atomic E-state index is -0.501. The Kier molecular flexibility index (Phi) is 8.74. The summed E-state index contributed by atoms with van der Waals surface area (Å²) in [6.07, 6.45) is 1.41. The average molecular weight is 571 g/mol. The van der Waals surface area contributed by atoms with Gasteiger partial charge in [0.25, 0.3) is 11.8 Å². The number of aryl methyl sites for hydroxylation is 1. The third kappa shape index (κ3) is 6.88. The molecule has 0 aliphatic carbocycles. The SMILES string of the molecule is COc1cc(C=NNC(=O)CNC(=O)c2ccccc2I)ccc1OC(=O)c1ccc(C)cc1. The van der Waals surface area contributed by atoms with Gasteiger partial charge in [0.1, 0.15) is 0 Å². The Morgan fingerprint density at radius 2 is 1.74 bits per heavy atom. The fourth-order valence-corrected chi connectivity index (χ4v) is 3.45. The number of carbonyl (C=O) groups excluding carboxylic acids is 3. The van der Waals surface area contributed by atoms with Crippen LogP contribution < -0.4 is 20.2 Å². The van der Waals surface area contributed by atoms with Crippen molar-refractivity contribution < 1.29 is 23.9 Å². The van der Waals surface area contributed by atoms with Crippen LogP contribution in [0.5, 0.6) is 11.5 Å². The molecule has 3 aromatic rings. The number of carbonyl (C=O) groups is 3. The van der Waals surface area contributed by atoms with Crippen LogP contribution in [0, 0.1) is 10.5 Å². The molecule has 0 saturated heterocycles. The molecule has 2 amide bonds. The van der Waals surface area contributed by atoms with Crippen molar-refractivity contribution in [3.8, 4) is 11.5 Å². The number of hydrogen-bond acceptors (Lipinski definition) is 6. The molecule has 3 rings (SSSR count). The summed E-state index contributed by atoms with van der Waals surface area (Å²) < 4.78 is 11.5. The van der Waals surface area contributed by atoms with Gasteiger partial charge in [0, 0.05) is 3.57 Å². The molecule has 2 N–H and O–H groups in total. The molecule has 0 spiro atoms. The number of ether oxygens (including phenoxy) is 2. The third-order valence-electron chi connectivity index (χ3n) is 4.61. The number of esters is 1. The molecule has 0 atom stereocenters. The van der Waals surface area contributed by atoms with E-state index in [0.717, 1.165) is 9.13 Å². The molecular formula is C25H22IN3O5. The molecule has 0 bridgehead atoms. The van der Waals surface area contributed by atoms with Gasteiger partial charge in [-0.1, -0.05) is 29.8 Å². The van der Waals surface area contributed by atoms with E-state index < -0.39 is 11.9 Å². The lowest BCUT2D eigenvalue weighted by Gasteiger charge is -2.10. The smallest absolute Gasteiger partial charge is 0.343 e. The molecule has 0 unspecified atom stereocenters. The highest BCUT2D eigenvalue weighted by Gasteiger charge is 2.13. The molecule has 34 heavy (non-hydrogen) atoms. The second kappa shape index (κ2) is 11.9. The van der Waals surface area contributed by atoms with Gasteiger partial charge in [0.15, 0.2) is 11.5 Å². The average Bonchev–Trinajstić information content (AvgIpc) is 2.84. The molecule has 0 saturated carbocycles. The molecular weight excluding hydrogens is 549 g/mol. The number of amides is 2. The summed E-state index contributed by atoms with van der Waals surface area (Å²) in [7, 11) is 1.46. The normalized spacial score (nSPS) is 10.6. The predicted octanol–water partition coefficient (Wildman–Crippen LogP) is 3.71. The molecule has 0 fully saturated rings. The Labute approximate surface area is 210 Å². The van der Waals surface area contributed by atoms with Gasteiger partial charge in [0.05, 0.1) is 31.0 Å². The quantitative estimate of drug-likeness (QED) is 0.141. The highest BCUT2D eigenvalue weighted by atomic mass is 127. The summed E-state index contributed by atoms with van der Waals surface area (Å²) in [4.78, 5) is 36.5. The fourth-order valence-electron chi connectivity index (χ4n) is 2.82. The fraction of sp³-hybridized carbons (Fsp3) is 0.120. The largest absolute Gasteiger partial charge is 0.493 e. The van der Waals surface area contributed by atoms with Gasteiger partial charge in [-0.05, 0) is 77.5 Å².